The van der Waals surface area contributed by atoms with Gasteiger partial charge in [0, 0.05) is 17.3 Å². The van der Waals surface area contributed by atoms with Gasteiger partial charge in [0.1, 0.15) is 5.56 Å². The molecular weight excluding hydrogens is 392 g/mol. The first-order valence-electron chi connectivity index (χ1n) is 10.5. The van der Waals surface area contributed by atoms with Gasteiger partial charge in [0.2, 0.25) is 5.88 Å². The summed E-state index contributed by atoms with van der Waals surface area (Å²) in [5.74, 6) is -0.277. The largest absolute Gasteiger partial charge is 0.494 e. The van der Waals surface area contributed by atoms with E-state index in [-0.39, 0.29) is 11.4 Å². The summed E-state index contributed by atoms with van der Waals surface area (Å²) in [5, 5.41) is 12.4. The Morgan fingerprint density at radius 1 is 1.06 bits per heavy atom. The number of para-hydroxylation sites is 1. The Balaban J connectivity index is 1.73. The van der Waals surface area contributed by atoms with E-state index in [0.717, 1.165) is 40.0 Å². The minimum Gasteiger partial charge on any atom is -0.494 e. The summed E-state index contributed by atoms with van der Waals surface area (Å²) in [6.07, 6.45) is 0.875. The molecule has 1 aliphatic heterocycles. The maximum absolute atomic E-state index is 13.0. The van der Waals surface area contributed by atoms with Crippen molar-refractivity contribution in [2.75, 3.05) is 13.6 Å². The van der Waals surface area contributed by atoms with Gasteiger partial charge in [0.05, 0.1) is 25.3 Å². The molecule has 3 atom stereocenters. The van der Waals surface area contributed by atoms with Crippen LogP contribution in [0.4, 0.5) is 0 Å². The molecule has 0 radical (unpaired) electrons. The smallest absolute Gasteiger partial charge is 0.331 e. The van der Waals surface area contributed by atoms with E-state index in [0.29, 0.717) is 0 Å². The predicted molar refractivity (Wildman–Crippen MR) is 119 cm³/mol. The van der Waals surface area contributed by atoms with Crippen molar-refractivity contribution in [3.8, 4) is 5.88 Å². The zero-order chi connectivity index (χ0) is 21.7. The number of quaternary nitrogens is 1. The normalized spacial score (nSPS) is 19.3. The van der Waals surface area contributed by atoms with Crippen molar-refractivity contribution in [2.24, 2.45) is 0 Å². The van der Waals surface area contributed by atoms with E-state index < -0.39 is 23.3 Å². The molecule has 0 aliphatic carbocycles. The first kappa shape index (κ1) is 19.4. The summed E-state index contributed by atoms with van der Waals surface area (Å²) >= 11 is 0. The van der Waals surface area contributed by atoms with E-state index in [9.17, 15) is 14.7 Å². The van der Waals surface area contributed by atoms with Crippen molar-refractivity contribution < 1.29 is 10.0 Å². The molecule has 158 valence electrons. The molecule has 1 aliphatic rings. The number of rotatable bonds is 3. The Morgan fingerprint density at radius 2 is 1.77 bits per heavy atom. The molecule has 7 heteroatoms. The van der Waals surface area contributed by atoms with Gasteiger partial charge >= 0.3 is 5.69 Å². The fraction of sp³-hybridized carbons (Fsp3) is 0.250. The van der Waals surface area contributed by atoms with E-state index in [4.69, 9.17) is 0 Å². The SMILES string of the molecule is C[C@@H](c1ccccc1)n1c(O)c([C@H]2c3[nH]c4ccccc4c3CC[NH+]2C)c(=O)[nH]c1=O. The maximum Gasteiger partial charge on any atom is 0.331 e. The summed E-state index contributed by atoms with van der Waals surface area (Å²) in [4.78, 5) is 32.7. The van der Waals surface area contributed by atoms with Crippen LogP contribution in [0.15, 0.2) is 64.2 Å². The summed E-state index contributed by atoms with van der Waals surface area (Å²) in [7, 11) is 2.01. The van der Waals surface area contributed by atoms with E-state index in [2.05, 4.69) is 16.0 Å². The fourth-order valence-electron chi connectivity index (χ4n) is 4.89. The van der Waals surface area contributed by atoms with Crippen LogP contribution in [-0.4, -0.2) is 33.2 Å². The van der Waals surface area contributed by atoms with Gasteiger partial charge in [0.25, 0.3) is 5.56 Å². The number of H-pyrrole nitrogens is 2. The molecule has 0 bridgehead atoms. The van der Waals surface area contributed by atoms with Gasteiger partial charge in [-0.2, -0.15) is 0 Å². The zero-order valence-electron chi connectivity index (χ0n) is 17.5. The Bertz CT molecular complexity index is 1380. The molecule has 1 unspecified atom stereocenters. The van der Waals surface area contributed by atoms with Crippen LogP contribution < -0.4 is 16.1 Å². The van der Waals surface area contributed by atoms with E-state index >= 15 is 0 Å². The molecule has 3 heterocycles. The molecule has 0 amide bonds. The number of benzene rings is 2. The zero-order valence-corrected chi connectivity index (χ0v) is 17.5. The first-order valence-corrected chi connectivity index (χ1v) is 10.5. The molecular formula is C24H25N4O3+. The molecule has 0 saturated carbocycles. The average Bonchev–Trinajstić information content (AvgIpc) is 3.14. The molecule has 0 spiro atoms. The van der Waals surface area contributed by atoms with Gasteiger partial charge in [-0.1, -0.05) is 48.5 Å². The Labute approximate surface area is 178 Å². The summed E-state index contributed by atoms with van der Waals surface area (Å²) in [5.41, 5.74) is 3.01. The van der Waals surface area contributed by atoms with Gasteiger partial charge in [-0.3, -0.25) is 14.3 Å². The van der Waals surface area contributed by atoms with Crippen LogP contribution in [0, 0.1) is 0 Å². The first-order chi connectivity index (χ1) is 15.0. The molecule has 31 heavy (non-hydrogen) atoms. The van der Waals surface area contributed by atoms with Gasteiger partial charge in [0.15, 0.2) is 6.04 Å². The second-order valence-corrected chi connectivity index (χ2v) is 8.30. The molecule has 7 nitrogen and oxygen atoms in total. The topological polar surface area (TPSA) is 95.3 Å². The third kappa shape index (κ3) is 3.00. The Hall–Kier alpha value is -3.58. The minimum atomic E-state index is -0.618. The number of aromatic hydroxyl groups is 1. The molecule has 0 fully saturated rings. The van der Waals surface area contributed by atoms with Crippen molar-refractivity contribution in [1.29, 1.82) is 0 Å². The van der Waals surface area contributed by atoms with E-state index in [1.54, 1.807) is 0 Å². The quantitative estimate of drug-likeness (QED) is 0.407. The monoisotopic (exact) mass is 417 g/mol. The number of hydrogen-bond donors (Lipinski definition) is 4. The van der Waals surface area contributed by atoms with Crippen LogP contribution in [0.3, 0.4) is 0 Å². The van der Waals surface area contributed by atoms with Crippen molar-refractivity contribution >= 4 is 10.9 Å². The third-order valence-electron chi connectivity index (χ3n) is 6.51. The van der Waals surface area contributed by atoms with Crippen molar-refractivity contribution in [2.45, 2.75) is 25.4 Å². The maximum atomic E-state index is 13.0. The van der Waals surface area contributed by atoms with Gasteiger partial charge in [-0.05, 0) is 24.1 Å². The highest BCUT2D eigenvalue weighted by atomic mass is 16.3. The second-order valence-electron chi connectivity index (χ2n) is 8.30. The van der Waals surface area contributed by atoms with E-state index in [1.165, 1.54) is 10.1 Å². The van der Waals surface area contributed by atoms with Gasteiger partial charge in [-0.15, -0.1) is 0 Å². The fourth-order valence-corrected chi connectivity index (χ4v) is 4.89. The number of nitrogens with zero attached hydrogens (tertiary/aromatic N) is 1. The highest BCUT2D eigenvalue weighted by Crippen LogP contribution is 2.33. The van der Waals surface area contributed by atoms with Crippen LogP contribution in [0.1, 0.15) is 41.4 Å². The lowest BCUT2D eigenvalue weighted by Gasteiger charge is -2.30. The standard InChI is InChI=1S/C24H24N4O3/c1-14(15-8-4-3-5-9-15)28-23(30)19(22(29)26-24(28)31)21-20-17(12-13-27(21)2)16-10-6-7-11-18(16)25-20/h3-11,14,21,25,30H,12-13H2,1-2H3,(H,26,29,31)/p+1/t14-,21-/m0/s1. The number of fused-ring (bicyclic) bond motifs is 3. The Morgan fingerprint density at radius 3 is 2.55 bits per heavy atom. The number of aromatic amines is 2. The molecule has 0 saturated heterocycles. The third-order valence-corrected chi connectivity index (χ3v) is 6.51. The number of likely N-dealkylation sites (N-methyl/N-ethyl adjacent to an activating group) is 1. The van der Waals surface area contributed by atoms with Crippen LogP contribution in [-0.2, 0) is 6.42 Å². The number of aromatic nitrogens is 3. The summed E-state index contributed by atoms with van der Waals surface area (Å²) in [6.45, 7) is 2.65. The van der Waals surface area contributed by atoms with Crippen molar-refractivity contribution in [1.82, 2.24) is 14.5 Å². The van der Waals surface area contributed by atoms with Crippen molar-refractivity contribution in [3.05, 3.63) is 97.8 Å². The molecule has 5 rings (SSSR count). The lowest BCUT2D eigenvalue weighted by molar-refractivity contribution is -0.908. The molecule has 4 aromatic rings. The van der Waals surface area contributed by atoms with E-state index in [1.807, 2.05) is 62.5 Å². The second kappa shape index (κ2) is 7.28. The lowest BCUT2D eigenvalue weighted by Crippen LogP contribution is -3.10. The highest BCUT2D eigenvalue weighted by molar-refractivity contribution is 5.85. The summed E-state index contributed by atoms with van der Waals surface area (Å²) < 4.78 is 1.27. The lowest BCUT2D eigenvalue weighted by atomic mass is 9.93. The molecule has 2 aromatic heterocycles. The molecule has 2 aromatic carbocycles. The van der Waals surface area contributed by atoms with Gasteiger partial charge in [-0.25, -0.2) is 4.79 Å². The molecule has 4 N–H and O–H groups in total. The minimum absolute atomic E-state index is 0.215. The highest BCUT2D eigenvalue weighted by Gasteiger charge is 2.38. The number of nitrogens with one attached hydrogen (secondary N) is 3. The van der Waals surface area contributed by atoms with Crippen LogP contribution in [0.25, 0.3) is 10.9 Å². The summed E-state index contributed by atoms with van der Waals surface area (Å²) in [6, 6.07) is 16.7. The average molecular weight is 417 g/mol. The predicted octanol–water partition coefficient (Wildman–Crippen LogP) is 1.49. The van der Waals surface area contributed by atoms with Crippen molar-refractivity contribution in [3.63, 3.8) is 0 Å². The van der Waals surface area contributed by atoms with Crippen LogP contribution in [0.5, 0.6) is 5.88 Å². The number of hydrogen-bond acceptors (Lipinski definition) is 3. The Kier molecular flexibility index (Phi) is 4.55. The van der Waals surface area contributed by atoms with Crippen LogP contribution in [0.2, 0.25) is 0 Å². The van der Waals surface area contributed by atoms with Gasteiger partial charge < -0.3 is 15.0 Å². The van der Waals surface area contributed by atoms with Crippen LogP contribution >= 0.6 is 0 Å².